The molecule has 3 aromatic rings. The predicted octanol–water partition coefficient (Wildman–Crippen LogP) is 3.56. The molecule has 0 bridgehead atoms. The van der Waals surface area contributed by atoms with E-state index in [-0.39, 0.29) is 23.1 Å². The third kappa shape index (κ3) is 3.64. The third-order valence-corrected chi connectivity index (χ3v) is 6.15. The van der Waals surface area contributed by atoms with Gasteiger partial charge in [-0.15, -0.1) is 11.3 Å². The number of nitro groups is 1. The van der Waals surface area contributed by atoms with Crippen molar-refractivity contribution in [1.29, 1.82) is 0 Å². The molecule has 10 heteroatoms. The summed E-state index contributed by atoms with van der Waals surface area (Å²) in [6, 6.07) is 9.28. The van der Waals surface area contributed by atoms with Crippen LogP contribution in [0.5, 0.6) is 0 Å². The van der Waals surface area contributed by atoms with Gasteiger partial charge in [0.25, 0.3) is 17.5 Å². The second-order valence-corrected chi connectivity index (χ2v) is 8.14. The van der Waals surface area contributed by atoms with Crippen LogP contribution in [-0.4, -0.2) is 33.2 Å². The molecule has 0 saturated carbocycles. The predicted molar refractivity (Wildman–Crippen MR) is 106 cm³/mol. The van der Waals surface area contributed by atoms with Crippen molar-refractivity contribution in [2.24, 2.45) is 0 Å². The van der Waals surface area contributed by atoms with Gasteiger partial charge in [-0.3, -0.25) is 25.0 Å². The summed E-state index contributed by atoms with van der Waals surface area (Å²) in [5, 5.41) is 16.1. The van der Waals surface area contributed by atoms with E-state index in [1.807, 2.05) is 11.4 Å². The summed E-state index contributed by atoms with van der Waals surface area (Å²) in [5.41, 5.74) is 1.04. The largest absolute Gasteiger partial charge is 0.333 e. The molecule has 28 heavy (non-hydrogen) atoms. The van der Waals surface area contributed by atoms with E-state index < -0.39 is 4.92 Å². The van der Waals surface area contributed by atoms with Crippen LogP contribution < -0.4 is 5.32 Å². The molecule has 1 N–H and O–H groups in total. The number of nitrogens with zero attached hydrogens (tertiary/aromatic N) is 3. The maximum Gasteiger partial charge on any atom is 0.270 e. The molecule has 2 amide bonds. The highest BCUT2D eigenvalue weighted by molar-refractivity contribution is 7.16. The maximum atomic E-state index is 12.7. The molecule has 1 aliphatic rings. The SMILES string of the molecule is O=C(Nc1nc2c(s1)CN(C(=O)c1cccc([N+](=O)[O-])c1)CC2)c1cccs1. The number of hydrogen-bond donors (Lipinski definition) is 1. The Hall–Kier alpha value is -3.11. The topological polar surface area (TPSA) is 105 Å². The number of fused-ring (bicyclic) bond motifs is 1. The maximum absolute atomic E-state index is 12.7. The van der Waals surface area contributed by atoms with Crippen molar-refractivity contribution in [2.75, 3.05) is 11.9 Å². The van der Waals surface area contributed by atoms with E-state index in [0.717, 1.165) is 10.6 Å². The molecule has 2 aromatic heterocycles. The molecule has 0 spiro atoms. The summed E-state index contributed by atoms with van der Waals surface area (Å²) < 4.78 is 0. The number of aromatic nitrogens is 1. The van der Waals surface area contributed by atoms with Gasteiger partial charge in [-0.05, 0) is 17.5 Å². The van der Waals surface area contributed by atoms with Gasteiger partial charge in [-0.2, -0.15) is 0 Å². The molecule has 0 unspecified atom stereocenters. The Balaban J connectivity index is 1.48. The van der Waals surface area contributed by atoms with Gasteiger partial charge in [0.15, 0.2) is 5.13 Å². The van der Waals surface area contributed by atoms with Crippen LogP contribution in [0.3, 0.4) is 0 Å². The standard InChI is InChI=1S/C18H14N4O4S2/c23-16(14-5-2-8-27-14)20-18-19-13-6-7-21(10-15(13)28-18)17(24)11-3-1-4-12(9-11)22(25)26/h1-5,8-9H,6-7,10H2,(H,19,20,23). The van der Waals surface area contributed by atoms with Gasteiger partial charge in [0, 0.05) is 35.5 Å². The highest BCUT2D eigenvalue weighted by Crippen LogP contribution is 2.30. The number of carbonyl (C=O) groups excluding carboxylic acids is 2. The molecule has 0 fully saturated rings. The lowest BCUT2D eigenvalue weighted by Gasteiger charge is -2.26. The number of amides is 2. The van der Waals surface area contributed by atoms with Crippen LogP contribution in [0.1, 0.15) is 30.6 Å². The third-order valence-electron chi connectivity index (χ3n) is 4.29. The van der Waals surface area contributed by atoms with E-state index in [9.17, 15) is 19.7 Å². The van der Waals surface area contributed by atoms with Crippen LogP contribution >= 0.6 is 22.7 Å². The highest BCUT2D eigenvalue weighted by Gasteiger charge is 2.26. The zero-order valence-corrected chi connectivity index (χ0v) is 16.1. The number of rotatable bonds is 4. The quantitative estimate of drug-likeness (QED) is 0.519. The second-order valence-electron chi connectivity index (χ2n) is 6.10. The number of hydrogen-bond acceptors (Lipinski definition) is 7. The highest BCUT2D eigenvalue weighted by atomic mass is 32.1. The second kappa shape index (κ2) is 7.49. The van der Waals surface area contributed by atoms with Crippen molar-refractivity contribution < 1.29 is 14.5 Å². The number of nitrogens with one attached hydrogen (secondary N) is 1. The fraction of sp³-hybridized carbons (Fsp3) is 0.167. The molecule has 0 aliphatic carbocycles. The number of benzene rings is 1. The normalized spacial score (nSPS) is 13.1. The van der Waals surface area contributed by atoms with Gasteiger partial charge in [0.2, 0.25) is 0 Å². The van der Waals surface area contributed by atoms with Crippen LogP contribution in [-0.2, 0) is 13.0 Å². The van der Waals surface area contributed by atoms with Gasteiger partial charge in [-0.1, -0.05) is 23.5 Å². The van der Waals surface area contributed by atoms with Crippen LogP contribution in [0.25, 0.3) is 0 Å². The lowest BCUT2D eigenvalue weighted by Crippen LogP contribution is -2.35. The van der Waals surface area contributed by atoms with Gasteiger partial charge >= 0.3 is 0 Å². The molecule has 4 rings (SSSR count). The Labute approximate surface area is 167 Å². The van der Waals surface area contributed by atoms with E-state index >= 15 is 0 Å². The lowest BCUT2D eigenvalue weighted by atomic mass is 10.1. The number of anilines is 1. The Bertz CT molecular complexity index is 1060. The van der Waals surface area contributed by atoms with Crippen molar-refractivity contribution >= 4 is 45.3 Å². The van der Waals surface area contributed by atoms with E-state index in [4.69, 9.17) is 0 Å². The molecular weight excluding hydrogens is 400 g/mol. The van der Waals surface area contributed by atoms with Crippen molar-refractivity contribution in [1.82, 2.24) is 9.88 Å². The summed E-state index contributed by atoms with van der Waals surface area (Å²) in [6.07, 6.45) is 0.571. The zero-order chi connectivity index (χ0) is 19.7. The first-order chi connectivity index (χ1) is 13.5. The van der Waals surface area contributed by atoms with Gasteiger partial charge in [0.05, 0.1) is 22.0 Å². The smallest absolute Gasteiger partial charge is 0.270 e. The van der Waals surface area contributed by atoms with Crippen molar-refractivity contribution in [2.45, 2.75) is 13.0 Å². The molecule has 8 nitrogen and oxygen atoms in total. The average molecular weight is 414 g/mol. The molecule has 3 heterocycles. The zero-order valence-electron chi connectivity index (χ0n) is 14.5. The summed E-state index contributed by atoms with van der Waals surface area (Å²) in [4.78, 5) is 43.0. The van der Waals surface area contributed by atoms with Crippen molar-refractivity contribution in [3.8, 4) is 0 Å². The van der Waals surface area contributed by atoms with E-state index in [1.165, 1.54) is 40.9 Å². The summed E-state index contributed by atoms with van der Waals surface area (Å²) >= 11 is 2.70. The number of nitro benzene ring substituents is 1. The molecule has 0 saturated heterocycles. The lowest BCUT2D eigenvalue weighted by molar-refractivity contribution is -0.384. The molecule has 0 radical (unpaired) electrons. The number of carbonyl (C=O) groups is 2. The fourth-order valence-electron chi connectivity index (χ4n) is 2.92. The first-order valence-corrected chi connectivity index (χ1v) is 10.1. The molecule has 1 aromatic carbocycles. The van der Waals surface area contributed by atoms with Gasteiger partial charge in [-0.25, -0.2) is 4.98 Å². The Morgan fingerprint density at radius 2 is 2.11 bits per heavy atom. The molecule has 1 aliphatic heterocycles. The van der Waals surface area contributed by atoms with Crippen LogP contribution in [0.15, 0.2) is 41.8 Å². The number of non-ortho nitro benzene ring substituents is 1. The van der Waals surface area contributed by atoms with E-state index in [1.54, 1.807) is 17.0 Å². The molecular formula is C18H14N4O4S2. The minimum Gasteiger partial charge on any atom is -0.333 e. The summed E-state index contributed by atoms with van der Waals surface area (Å²) in [7, 11) is 0. The summed E-state index contributed by atoms with van der Waals surface area (Å²) in [6.45, 7) is 0.833. The Kier molecular flexibility index (Phi) is 4.88. The first-order valence-electron chi connectivity index (χ1n) is 8.38. The minimum absolute atomic E-state index is 0.111. The van der Waals surface area contributed by atoms with Crippen LogP contribution in [0, 0.1) is 10.1 Å². The average Bonchev–Trinajstić information content (AvgIpc) is 3.36. The van der Waals surface area contributed by atoms with Crippen molar-refractivity contribution in [3.05, 3.63) is 72.9 Å². The minimum atomic E-state index is -0.517. The first kappa shape index (κ1) is 18.3. The fourth-order valence-corrected chi connectivity index (χ4v) is 4.56. The van der Waals surface area contributed by atoms with Gasteiger partial charge in [0.1, 0.15) is 0 Å². The number of thiazole rings is 1. The molecule has 142 valence electrons. The van der Waals surface area contributed by atoms with Crippen LogP contribution in [0.4, 0.5) is 10.8 Å². The monoisotopic (exact) mass is 414 g/mol. The Morgan fingerprint density at radius 1 is 1.25 bits per heavy atom. The van der Waals surface area contributed by atoms with E-state index in [2.05, 4.69) is 10.3 Å². The molecule has 0 atom stereocenters. The van der Waals surface area contributed by atoms with Crippen molar-refractivity contribution in [3.63, 3.8) is 0 Å². The van der Waals surface area contributed by atoms with Gasteiger partial charge < -0.3 is 4.90 Å². The summed E-state index contributed by atoms with van der Waals surface area (Å²) in [5.74, 6) is -0.461. The number of thiophene rings is 1. The van der Waals surface area contributed by atoms with Crippen LogP contribution in [0.2, 0.25) is 0 Å². The van der Waals surface area contributed by atoms with E-state index in [0.29, 0.717) is 29.5 Å². The Morgan fingerprint density at radius 3 is 2.86 bits per heavy atom.